The van der Waals surface area contributed by atoms with Crippen LogP contribution in [0.1, 0.15) is 31.1 Å². The Bertz CT molecular complexity index is 818. The fourth-order valence-corrected chi connectivity index (χ4v) is 1.85. The Balaban J connectivity index is 2.74. The lowest BCUT2D eigenvalue weighted by atomic mass is 9.99. The molecule has 0 spiro atoms. The van der Waals surface area contributed by atoms with Crippen molar-refractivity contribution in [1.82, 2.24) is 4.98 Å². The van der Waals surface area contributed by atoms with Crippen LogP contribution in [-0.4, -0.2) is 38.2 Å². The fraction of sp³-hybridized carbons (Fsp3) is 0. The number of aromatic amines is 1. The number of hydrogen-bond acceptors (Lipinski definition) is 4. The van der Waals surface area contributed by atoms with Crippen molar-refractivity contribution in [3.63, 3.8) is 0 Å². The monoisotopic (exact) mass is 303 g/mol. The summed E-state index contributed by atoms with van der Waals surface area (Å²) in [6.45, 7) is 0. The second-order valence-corrected chi connectivity index (χ2v) is 4.35. The van der Waals surface area contributed by atoms with Crippen LogP contribution in [0, 0.1) is 0 Å². The molecule has 2 aromatic rings. The van der Waals surface area contributed by atoms with Crippen LogP contribution >= 0.6 is 0 Å². The van der Waals surface area contributed by atoms with E-state index >= 15 is 0 Å². The van der Waals surface area contributed by atoms with Crippen LogP contribution < -0.4 is 5.56 Å². The van der Waals surface area contributed by atoms with Gasteiger partial charge in [-0.3, -0.25) is 4.79 Å². The number of aromatic nitrogens is 1. The smallest absolute Gasteiger partial charge is 0.337 e. The van der Waals surface area contributed by atoms with Gasteiger partial charge < -0.3 is 20.3 Å². The molecule has 0 fully saturated rings. The largest absolute Gasteiger partial charge is 0.478 e. The first-order valence-electron chi connectivity index (χ1n) is 5.87. The number of carboxylic acid groups (broad SMARTS) is 3. The van der Waals surface area contributed by atoms with E-state index in [0.717, 1.165) is 30.5 Å². The Hall–Kier alpha value is -3.42. The molecule has 0 bridgehead atoms. The SMILES string of the molecule is O=C(O)c1cc(C(=O)O)cc(-c2cc(C(=O)O)c[nH]c2=O)c1. The first-order chi connectivity index (χ1) is 10.3. The summed E-state index contributed by atoms with van der Waals surface area (Å²) in [5.74, 6) is -4.02. The third-order valence-corrected chi connectivity index (χ3v) is 2.89. The molecule has 8 heteroatoms. The number of H-pyrrole nitrogens is 1. The van der Waals surface area contributed by atoms with Gasteiger partial charge >= 0.3 is 17.9 Å². The van der Waals surface area contributed by atoms with Crippen molar-refractivity contribution < 1.29 is 29.7 Å². The number of nitrogens with one attached hydrogen (secondary N) is 1. The van der Waals surface area contributed by atoms with Crippen LogP contribution in [0.3, 0.4) is 0 Å². The molecule has 0 saturated carbocycles. The van der Waals surface area contributed by atoms with Gasteiger partial charge in [-0.15, -0.1) is 0 Å². The molecule has 0 aliphatic rings. The summed E-state index contributed by atoms with van der Waals surface area (Å²) in [5.41, 5.74) is -1.66. The molecule has 0 aliphatic carbocycles. The Morgan fingerprint density at radius 1 is 0.773 bits per heavy atom. The molecule has 0 saturated heterocycles. The number of hydrogen-bond donors (Lipinski definition) is 4. The third kappa shape index (κ3) is 2.85. The predicted molar refractivity (Wildman–Crippen MR) is 73.4 cm³/mol. The molecule has 8 nitrogen and oxygen atoms in total. The van der Waals surface area contributed by atoms with Crippen molar-refractivity contribution in [2.75, 3.05) is 0 Å². The Labute approximate surface area is 122 Å². The van der Waals surface area contributed by atoms with E-state index in [4.69, 9.17) is 15.3 Å². The van der Waals surface area contributed by atoms with Crippen LogP contribution in [-0.2, 0) is 0 Å². The minimum Gasteiger partial charge on any atom is -0.478 e. The zero-order valence-corrected chi connectivity index (χ0v) is 10.9. The molecule has 4 N–H and O–H groups in total. The van der Waals surface area contributed by atoms with Gasteiger partial charge in [0.1, 0.15) is 0 Å². The van der Waals surface area contributed by atoms with Crippen LogP contribution in [0.25, 0.3) is 11.1 Å². The highest BCUT2D eigenvalue weighted by molar-refractivity contribution is 5.96. The van der Waals surface area contributed by atoms with Gasteiger partial charge in [-0.25, -0.2) is 14.4 Å². The zero-order valence-electron chi connectivity index (χ0n) is 10.9. The van der Waals surface area contributed by atoms with Crippen molar-refractivity contribution in [2.45, 2.75) is 0 Å². The summed E-state index contributed by atoms with van der Waals surface area (Å²) in [5, 5.41) is 26.9. The lowest BCUT2D eigenvalue weighted by molar-refractivity contribution is 0.0681. The maximum atomic E-state index is 11.8. The molecule has 1 aromatic heterocycles. The minimum atomic E-state index is -1.37. The predicted octanol–water partition coefficient (Wildman–Crippen LogP) is 1.14. The number of rotatable bonds is 4. The number of benzene rings is 1. The minimum absolute atomic E-state index is 0.00153. The van der Waals surface area contributed by atoms with Crippen LogP contribution in [0.5, 0.6) is 0 Å². The first kappa shape index (κ1) is 15.0. The molecule has 0 amide bonds. The summed E-state index contributed by atoms with van der Waals surface area (Å²) in [4.78, 5) is 47.1. The second-order valence-electron chi connectivity index (χ2n) is 4.35. The quantitative estimate of drug-likeness (QED) is 0.662. The third-order valence-electron chi connectivity index (χ3n) is 2.89. The first-order valence-corrected chi connectivity index (χ1v) is 5.87. The van der Waals surface area contributed by atoms with Crippen LogP contribution in [0.2, 0.25) is 0 Å². The number of aromatic carboxylic acids is 3. The highest BCUT2D eigenvalue weighted by Gasteiger charge is 2.15. The van der Waals surface area contributed by atoms with Crippen molar-refractivity contribution in [3.8, 4) is 11.1 Å². The summed E-state index contributed by atoms with van der Waals surface area (Å²) < 4.78 is 0. The van der Waals surface area contributed by atoms with E-state index in [2.05, 4.69) is 4.98 Å². The fourth-order valence-electron chi connectivity index (χ4n) is 1.85. The van der Waals surface area contributed by atoms with Crippen LogP contribution in [0.15, 0.2) is 35.3 Å². The van der Waals surface area contributed by atoms with E-state index in [1.165, 1.54) is 0 Å². The van der Waals surface area contributed by atoms with Gasteiger partial charge in [-0.1, -0.05) is 0 Å². The van der Waals surface area contributed by atoms with E-state index in [-0.39, 0.29) is 27.8 Å². The lowest BCUT2D eigenvalue weighted by Crippen LogP contribution is -2.12. The number of carbonyl (C=O) groups is 3. The summed E-state index contributed by atoms with van der Waals surface area (Å²) >= 11 is 0. The van der Waals surface area contributed by atoms with Gasteiger partial charge in [-0.05, 0) is 29.8 Å². The van der Waals surface area contributed by atoms with Gasteiger partial charge in [0.2, 0.25) is 0 Å². The molecule has 0 atom stereocenters. The molecular formula is C14H9NO7. The Morgan fingerprint density at radius 3 is 1.73 bits per heavy atom. The summed E-state index contributed by atoms with van der Waals surface area (Å²) in [6.07, 6.45) is 0.993. The number of pyridine rings is 1. The summed E-state index contributed by atoms with van der Waals surface area (Å²) in [6, 6.07) is 4.20. The van der Waals surface area contributed by atoms with Gasteiger partial charge in [0.05, 0.1) is 16.7 Å². The molecular weight excluding hydrogens is 294 g/mol. The second kappa shape index (κ2) is 5.52. The van der Waals surface area contributed by atoms with E-state index < -0.39 is 23.5 Å². The van der Waals surface area contributed by atoms with E-state index in [1.807, 2.05) is 0 Å². The molecule has 112 valence electrons. The molecule has 22 heavy (non-hydrogen) atoms. The molecule has 0 unspecified atom stereocenters. The molecule has 1 aromatic carbocycles. The van der Waals surface area contributed by atoms with Crippen molar-refractivity contribution in [2.24, 2.45) is 0 Å². The van der Waals surface area contributed by atoms with Gasteiger partial charge in [0.25, 0.3) is 5.56 Å². The zero-order chi connectivity index (χ0) is 16.4. The Morgan fingerprint density at radius 2 is 1.27 bits per heavy atom. The maximum absolute atomic E-state index is 11.8. The molecule has 1 heterocycles. The normalized spacial score (nSPS) is 10.2. The van der Waals surface area contributed by atoms with Crippen LogP contribution in [0.4, 0.5) is 0 Å². The topological polar surface area (TPSA) is 145 Å². The van der Waals surface area contributed by atoms with E-state index in [9.17, 15) is 19.2 Å². The Kier molecular flexibility index (Phi) is 3.76. The van der Waals surface area contributed by atoms with Gasteiger partial charge in [0.15, 0.2) is 0 Å². The standard InChI is InChI=1S/C14H9NO7/c16-11-10(4-9(5-15-11)14(21)22)6-1-7(12(17)18)3-8(2-6)13(19)20/h1-5H,(H,15,16)(H,17,18)(H,19,20)(H,21,22). The van der Waals surface area contributed by atoms with Crippen molar-refractivity contribution in [1.29, 1.82) is 0 Å². The van der Waals surface area contributed by atoms with E-state index in [0.29, 0.717) is 0 Å². The highest BCUT2D eigenvalue weighted by atomic mass is 16.4. The maximum Gasteiger partial charge on any atom is 0.337 e. The van der Waals surface area contributed by atoms with E-state index in [1.54, 1.807) is 0 Å². The van der Waals surface area contributed by atoms with Gasteiger partial charge in [0, 0.05) is 11.8 Å². The van der Waals surface area contributed by atoms with Crippen molar-refractivity contribution >= 4 is 17.9 Å². The van der Waals surface area contributed by atoms with Crippen molar-refractivity contribution in [3.05, 3.63) is 57.5 Å². The summed E-state index contributed by atoms with van der Waals surface area (Å²) in [7, 11) is 0. The molecule has 2 rings (SSSR count). The number of carboxylic acids is 3. The highest BCUT2D eigenvalue weighted by Crippen LogP contribution is 2.21. The lowest BCUT2D eigenvalue weighted by Gasteiger charge is -2.06. The van der Waals surface area contributed by atoms with Gasteiger partial charge in [-0.2, -0.15) is 0 Å². The average Bonchev–Trinajstić information content (AvgIpc) is 2.46. The molecule has 0 aliphatic heterocycles. The molecule has 0 radical (unpaired) electrons. The average molecular weight is 303 g/mol.